The van der Waals surface area contributed by atoms with E-state index < -0.39 is 0 Å². The lowest BCUT2D eigenvalue weighted by Crippen LogP contribution is -2.14. The van der Waals surface area contributed by atoms with Crippen LogP contribution in [0.1, 0.15) is 36.6 Å². The van der Waals surface area contributed by atoms with Crippen LogP contribution >= 0.6 is 0 Å². The van der Waals surface area contributed by atoms with Crippen LogP contribution in [-0.2, 0) is 0 Å². The maximum Gasteiger partial charge on any atom is 0.221 e. The minimum atomic E-state index is 0.113. The molecule has 1 aromatic rings. The molecule has 1 aliphatic carbocycles. The summed E-state index contributed by atoms with van der Waals surface area (Å²) >= 11 is 0. The molecule has 0 aliphatic heterocycles. The average molecular weight is 238 g/mol. The fourth-order valence-electron chi connectivity index (χ4n) is 1.55. The van der Waals surface area contributed by atoms with Crippen LogP contribution in [0.15, 0.2) is 0 Å². The van der Waals surface area contributed by atoms with Gasteiger partial charge in [-0.15, -0.1) is 0 Å². The third-order valence-corrected chi connectivity index (χ3v) is 2.74. The smallest absolute Gasteiger partial charge is 0.221 e. The molecule has 0 unspecified atom stereocenters. The van der Waals surface area contributed by atoms with Gasteiger partial charge in [-0.1, -0.05) is 0 Å². The summed E-state index contributed by atoms with van der Waals surface area (Å²) in [6.07, 6.45) is 2.85. The Bertz CT molecular complexity index is 393. The van der Waals surface area contributed by atoms with Gasteiger partial charge in [0.25, 0.3) is 0 Å². The van der Waals surface area contributed by atoms with Gasteiger partial charge in [-0.25, -0.2) is 10.8 Å². The quantitative estimate of drug-likeness (QED) is 0.384. The molecule has 6 heteroatoms. The molecule has 4 N–H and O–H groups in total. The summed E-state index contributed by atoms with van der Waals surface area (Å²) in [6, 6.07) is 0. The summed E-state index contributed by atoms with van der Waals surface area (Å²) in [5.41, 5.74) is 3.37. The van der Waals surface area contributed by atoms with Gasteiger partial charge in [0.2, 0.25) is 5.88 Å². The molecule has 17 heavy (non-hydrogen) atoms. The van der Waals surface area contributed by atoms with Crippen LogP contribution in [0.4, 0.5) is 5.82 Å². The fraction of sp³-hybridized carbons (Fsp3) is 0.636. The lowest BCUT2D eigenvalue weighted by Gasteiger charge is -2.12. The second-order valence-corrected chi connectivity index (χ2v) is 4.20. The number of aliphatic hydroxyl groups is 1. The Balaban J connectivity index is 2.18. The average Bonchev–Trinajstić information content (AvgIpc) is 3.15. The van der Waals surface area contributed by atoms with Crippen molar-refractivity contribution in [2.75, 3.05) is 18.6 Å². The number of nitrogens with one attached hydrogen (secondary N) is 1. The first kappa shape index (κ1) is 12.1. The van der Waals surface area contributed by atoms with Crippen molar-refractivity contribution in [1.29, 1.82) is 0 Å². The van der Waals surface area contributed by atoms with Crippen molar-refractivity contribution in [2.24, 2.45) is 5.84 Å². The Hall–Kier alpha value is -1.40. The first-order valence-corrected chi connectivity index (χ1v) is 5.85. The van der Waals surface area contributed by atoms with E-state index in [-0.39, 0.29) is 6.61 Å². The van der Waals surface area contributed by atoms with E-state index in [1.54, 1.807) is 0 Å². The van der Waals surface area contributed by atoms with E-state index in [4.69, 9.17) is 15.7 Å². The second-order valence-electron chi connectivity index (χ2n) is 4.20. The minimum absolute atomic E-state index is 0.113. The summed E-state index contributed by atoms with van der Waals surface area (Å²) in [5, 5.41) is 8.72. The Labute approximate surface area is 100 Å². The summed E-state index contributed by atoms with van der Waals surface area (Å²) in [4.78, 5) is 8.77. The molecular formula is C11H18N4O2. The maximum absolute atomic E-state index is 8.72. The van der Waals surface area contributed by atoms with Gasteiger partial charge in [-0.3, -0.25) is 0 Å². The predicted molar refractivity (Wildman–Crippen MR) is 63.8 cm³/mol. The van der Waals surface area contributed by atoms with Crippen molar-refractivity contribution < 1.29 is 9.84 Å². The molecule has 1 aromatic heterocycles. The van der Waals surface area contributed by atoms with Crippen molar-refractivity contribution >= 4 is 5.82 Å². The van der Waals surface area contributed by atoms with E-state index in [9.17, 15) is 0 Å². The van der Waals surface area contributed by atoms with Gasteiger partial charge in [-0.2, -0.15) is 4.98 Å². The molecule has 0 aromatic carbocycles. The SMILES string of the molecule is Cc1c(NN)nc(C2CC2)nc1OCCCO. The zero-order chi connectivity index (χ0) is 12.3. The number of anilines is 1. The number of aliphatic hydroxyl groups excluding tert-OH is 1. The van der Waals surface area contributed by atoms with Crippen LogP contribution in [0.2, 0.25) is 0 Å². The number of nitrogens with zero attached hydrogens (tertiary/aromatic N) is 2. The maximum atomic E-state index is 8.72. The standard InChI is InChI=1S/C11H18N4O2/c1-7-9(15-12)13-10(8-3-4-8)14-11(7)17-6-2-5-16/h8,16H,2-6,12H2,1H3,(H,13,14,15). The van der Waals surface area contributed by atoms with E-state index in [1.165, 1.54) is 0 Å². The fourth-order valence-corrected chi connectivity index (χ4v) is 1.55. The molecule has 0 atom stereocenters. The summed E-state index contributed by atoms with van der Waals surface area (Å²) in [5.74, 6) is 7.84. The van der Waals surface area contributed by atoms with E-state index in [2.05, 4.69) is 15.4 Å². The molecular weight excluding hydrogens is 220 g/mol. The van der Waals surface area contributed by atoms with Crippen molar-refractivity contribution in [3.8, 4) is 5.88 Å². The van der Waals surface area contributed by atoms with Crippen LogP contribution in [0.25, 0.3) is 0 Å². The molecule has 1 aliphatic rings. The number of hydrazine groups is 1. The molecule has 0 amide bonds. The Morgan fingerprint density at radius 1 is 1.47 bits per heavy atom. The monoisotopic (exact) mass is 238 g/mol. The molecule has 2 rings (SSSR count). The largest absolute Gasteiger partial charge is 0.477 e. The second kappa shape index (κ2) is 5.29. The molecule has 6 nitrogen and oxygen atoms in total. The van der Waals surface area contributed by atoms with Gasteiger partial charge in [0.05, 0.1) is 12.2 Å². The molecule has 1 saturated carbocycles. The van der Waals surface area contributed by atoms with Crippen LogP contribution in [0.3, 0.4) is 0 Å². The third-order valence-electron chi connectivity index (χ3n) is 2.74. The topological polar surface area (TPSA) is 93.3 Å². The van der Waals surface area contributed by atoms with Gasteiger partial charge in [0, 0.05) is 18.9 Å². The highest BCUT2D eigenvalue weighted by atomic mass is 16.5. The number of ether oxygens (including phenoxy) is 1. The first-order valence-electron chi connectivity index (χ1n) is 5.85. The predicted octanol–water partition coefficient (Wildman–Crippen LogP) is 0.709. The Morgan fingerprint density at radius 2 is 2.24 bits per heavy atom. The van der Waals surface area contributed by atoms with Gasteiger partial charge < -0.3 is 15.3 Å². The van der Waals surface area contributed by atoms with E-state index in [0.717, 1.165) is 24.2 Å². The van der Waals surface area contributed by atoms with Crippen molar-refractivity contribution in [3.63, 3.8) is 0 Å². The highest BCUT2D eigenvalue weighted by molar-refractivity contribution is 5.48. The lowest BCUT2D eigenvalue weighted by atomic mass is 10.3. The number of hydrogen-bond acceptors (Lipinski definition) is 6. The molecule has 1 heterocycles. The Kier molecular flexibility index (Phi) is 3.75. The number of hydrogen-bond donors (Lipinski definition) is 3. The van der Waals surface area contributed by atoms with E-state index in [1.807, 2.05) is 6.92 Å². The zero-order valence-corrected chi connectivity index (χ0v) is 9.94. The molecule has 0 bridgehead atoms. The first-order chi connectivity index (χ1) is 8.26. The molecule has 94 valence electrons. The number of aromatic nitrogens is 2. The summed E-state index contributed by atoms with van der Waals surface area (Å²) in [7, 11) is 0. The highest BCUT2D eigenvalue weighted by Gasteiger charge is 2.28. The Morgan fingerprint density at radius 3 is 2.82 bits per heavy atom. The van der Waals surface area contributed by atoms with Crippen molar-refractivity contribution in [2.45, 2.75) is 32.1 Å². The molecule has 0 saturated heterocycles. The van der Waals surface area contributed by atoms with Gasteiger partial charge in [-0.05, 0) is 19.8 Å². The highest BCUT2D eigenvalue weighted by Crippen LogP contribution is 2.39. The number of nitrogens with two attached hydrogens (primary N) is 1. The lowest BCUT2D eigenvalue weighted by molar-refractivity contribution is 0.228. The summed E-state index contributed by atoms with van der Waals surface area (Å²) < 4.78 is 5.53. The third kappa shape index (κ3) is 2.83. The van der Waals surface area contributed by atoms with Crippen LogP contribution in [-0.4, -0.2) is 28.3 Å². The number of rotatable bonds is 6. The van der Waals surface area contributed by atoms with Gasteiger partial charge in [0.1, 0.15) is 11.6 Å². The van der Waals surface area contributed by atoms with Crippen molar-refractivity contribution in [3.05, 3.63) is 11.4 Å². The summed E-state index contributed by atoms with van der Waals surface area (Å²) in [6.45, 7) is 2.42. The zero-order valence-electron chi connectivity index (χ0n) is 9.94. The van der Waals surface area contributed by atoms with Crippen LogP contribution < -0.4 is 16.0 Å². The number of nitrogen functional groups attached to an aromatic ring is 1. The molecule has 0 spiro atoms. The van der Waals surface area contributed by atoms with E-state index in [0.29, 0.717) is 30.6 Å². The molecule has 1 fully saturated rings. The van der Waals surface area contributed by atoms with Gasteiger partial charge >= 0.3 is 0 Å². The normalized spacial score (nSPS) is 14.8. The minimum Gasteiger partial charge on any atom is -0.477 e. The van der Waals surface area contributed by atoms with Gasteiger partial charge in [0.15, 0.2) is 0 Å². The van der Waals surface area contributed by atoms with Crippen LogP contribution in [0, 0.1) is 6.92 Å². The van der Waals surface area contributed by atoms with E-state index >= 15 is 0 Å². The van der Waals surface area contributed by atoms with Crippen molar-refractivity contribution in [1.82, 2.24) is 9.97 Å². The van der Waals surface area contributed by atoms with Crippen LogP contribution in [0.5, 0.6) is 5.88 Å². The molecule has 0 radical (unpaired) electrons.